The normalized spacial score (nSPS) is 12.6. The minimum atomic E-state index is 0.214. The highest BCUT2D eigenvalue weighted by Gasteiger charge is 2.13. The Hall–Kier alpha value is -0.810. The molecule has 1 atom stereocenters. The summed E-state index contributed by atoms with van der Waals surface area (Å²) in [5.41, 5.74) is 4.21. The SMILES string of the molecule is Cc1sccc1C(CSc1ccccc1)NN. The van der Waals surface area contributed by atoms with Crippen molar-refractivity contribution in [3.63, 3.8) is 0 Å². The first-order valence-electron chi connectivity index (χ1n) is 5.49. The molecule has 0 fully saturated rings. The lowest BCUT2D eigenvalue weighted by atomic mass is 10.1. The predicted molar refractivity (Wildman–Crippen MR) is 76.3 cm³/mol. The van der Waals surface area contributed by atoms with Crippen molar-refractivity contribution in [2.75, 3.05) is 5.75 Å². The van der Waals surface area contributed by atoms with Crippen LogP contribution in [0.2, 0.25) is 0 Å². The Morgan fingerprint density at radius 1 is 1.29 bits per heavy atom. The maximum atomic E-state index is 5.64. The summed E-state index contributed by atoms with van der Waals surface area (Å²) < 4.78 is 0. The summed E-state index contributed by atoms with van der Waals surface area (Å²) in [6.07, 6.45) is 0. The molecule has 1 aromatic carbocycles. The van der Waals surface area contributed by atoms with Crippen molar-refractivity contribution in [1.29, 1.82) is 0 Å². The van der Waals surface area contributed by atoms with Gasteiger partial charge in [-0.05, 0) is 36.1 Å². The second kappa shape index (κ2) is 6.21. The summed E-state index contributed by atoms with van der Waals surface area (Å²) in [5, 5.41) is 2.11. The fraction of sp³-hybridized carbons (Fsp3) is 0.231. The van der Waals surface area contributed by atoms with E-state index in [4.69, 9.17) is 5.84 Å². The van der Waals surface area contributed by atoms with Crippen molar-refractivity contribution >= 4 is 23.1 Å². The summed E-state index contributed by atoms with van der Waals surface area (Å²) in [7, 11) is 0. The molecule has 17 heavy (non-hydrogen) atoms. The molecule has 2 nitrogen and oxygen atoms in total. The number of nitrogens with one attached hydrogen (secondary N) is 1. The first kappa shape index (κ1) is 12.6. The van der Waals surface area contributed by atoms with Crippen molar-refractivity contribution in [2.45, 2.75) is 17.9 Å². The Morgan fingerprint density at radius 3 is 2.65 bits per heavy atom. The lowest BCUT2D eigenvalue weighted by Crippen LogP contribution is -2.29. The number of hydrazine groups is 1. The summed E-state index contributed by atoms with van der Waals surface area (Å²) in [6, 6.07) is 12.8. The predicted octanol–water partition coefficient (Wildman–Crippen LogP) is 3.35. The van der Waals surface area contributed by atoms with Crippen LogP contribution < -0.4 is 11.3 Å². The summed E-state index contributed by atoms with van der Waals surface area (Å²) in [4.78, 5) is 2.61. The van der Waals surface area contributed by atoms with Gasteiger partial charge in [0.1, 0.15) is 0 Å². The highest BCUT2D eigenvalue weighted by molar-refractivity contribution is 7.99. The van der Waals surface area contributed by atoms with Crippen LogP contribution in [-0.4, -0.2) is 5.75 Å². The van der Waals surface area contributed by atoms with E-state index in [0.29, 0.717) is 0 Å². The molecule has 0 saturated carbocycles. The first-order valence-corrected chi connectivity index (χ1v) is 7.35. The summed E-state index contributed by atoms with van der Waals surface area (Å²) >= 11 is 3.59. The van der Waals surface area contributed by atoms with E-state index in [9.17, 15) is 0 Å². The Morgan fingerprint density at radius 2 is 2.06 bits per heavy atom. The van der Waals surface area contributed by atoms with Crippen molar-refractivity contribution in [2.24, 2.45) is 5.84 Å². The van der Waals surface area contributed by atoms with Crippen LogP contribution in [0.1, 0.15) is 16.5 Å². The van der Waals surface area contributed by atoms with Gasteiger partial charge >= 0.3 is 0 Å². The molecule has 0 aliphatic rings. The van der Waals surface area contributed by atoms with Gasteiger partial charge in [-0.15, -0.1) is 23.1 Å². The van der Waals surface area contributed by atoms with Gasteiger partial charge in [0.05, 0.1) is 6.04 Å². The summed E-state index contributed by atoms with van der Waals surface area (Å²) in [6.45, 7) is 2.14. The molecule has 0 aliphatic heterocycles. The molecule has 1 unspecified atom stereocenters. The molecule has 0 aliphatic carbocycles. The lowest BCUT2D eigenvalue weighted by Gasteiger charge is -2.15. The number of hydrogen-bond acceptors (Lipinski definition) is 4. The molecule has 0 saturated heterocycles. The molecule has 2 rings (SSSR count). The third kappa shape index (κ3) is 3.33. The zero-order valence-electron chi connectivity index (χ0n) is 9.72. The fourth-order valence-electron chi connectivity index (χ4n) is 1.68. The monoisotopic (exact) mass is 264 g/mol. The standard InChI is InChI=1S/C13H16N2S2/c1-10-12(7-8-16-10)13(15-14)9-17-11-5-3-2-4-6-11/h2-8,13,15H,9,14H2,1H3. The molecule has 3 N–H and O–H groups in total. The van der Waals surface area contributed by atoms with Gasteiger partial charge in [-0.1, -0.05) is 18.2 Å². The van der Waals surface area contributed by atoms with Gasteiger partial charge in [0.2, 0.25) is 0 Å². The van der Waals surface area contributed by atoms with Crippen LogP contribution in [0.5, 0.6) is 0 Å². The van der Waals surface area contributed by atoms with Crippen molar-refractivity contribution in [3.05, 3.63) is 52.2 Å². The average Bonchev–Trinajstić information content (AvgIpc) is 2.78. The minimum Gasteiger partial charge on any atom is -0.271 e. The van der Waals surface area contributed by atoms with Gasteiger partial charge in [-0.25, -0.2) is 0 Å². The van der Waals surface area contributed by atoms with Crippen LogP contribution in [0.3, 0.4) is 0 Å². The Labute approximate surface area is 110 Å². The number of thiophene rings is 1. The molecule has 90 valence electrons. The lowest BCUT2D eigenvalue weighted by molar-refractivity contribution is 0.610. The number of benzene rings is 1. The van der Waals surface area contributed by atoms with Gasteiger partial charge in [-0.3, -0.25) is 11.3 Å². The van der Waals surface area contributed by atoms with E-state index in [-0.39, 0.29) is 6.04 Å². The number of hydrogen-bond donors (Lipinski definition) is 2. The highest BCUT2D eigenvalue weighted by Crippen LogP contribution is 2.28. The smallest absolute Gasteiger partial charge is 0.0564 e. The fourth-order valence-corrected chi connectivity index (χ4v) is 3.43. The van der Waals surface area contributed by atoms with Crippen molar-refractivity contribution in [1.82, 2.24) is 5.43 Å². The third-order valence-electron chi connectivity index (χ3n) is 2.64. The molecule has 0 radical (unpaired) electrons. The third-order valence-corrected chi connectivity index (χ3v) is 4.60. The van der Waals surface area contributed by atoms with E-state index in [2.05, 4.69) is 48.1 Å². The Balaban J connectivity index is 2.00. The van der Waals surface area contributed by atoms with E-state index in [1.54, 1.807) is 11.3 Å². The van der Waals surface area contributed by atoms with Gasteiger partial charge < -0.3 is 0 Å². The van der Waals surface area contributed by atoms with Gasteiger partial charge in [0, 0.05) is 15.5 Å². The minimum absolute atomic E-state index is 0.214. The first-order chi connectivity index (χ1) is 8.31. The summed E-state index contributed by atoms with van der Waals surface area (Å²) in [5.74, 6) is 6.58. The second-order valence-electron chi connectivity index (χ2n) is 3.78. The topological polar surface area (TPSA) is 38.0 Å². The van der Waals surface area contributed by atoms with E-state index in [0.717, 1.165) is 5.75 Å². The maximum Gasteiger partial charge on any atom is 0.0564 e. The van der Waals surface area contributed by atoms with E-state index < -0.39 is 0 Å². The Kier molecular flexibility index (Phi) is 4.62. The molecular formula is C13H16N2S2. The molecule has 0 bridgehead atoms. The van der Waals surface area contributed by atoms with Gasteiger partial charge in [0.25, 0.3) is 0 Å². The van der Waals surface area contributed by atoms with Crippen LogP contribution in [0, 0.1) is 6.92 Å². The molecule has 1 aromatic heterocycles. The van der Waals surface area contributed by atoms with Gasteiger partial charge in [-0.2, -0.15) is 0 Å². The second-order valence-corrected chi connectivity index (χ2v) is 5.99. The Bertz CT molecular complexity index is 453. The van der Waals surface area contributed by atoms with Gasteiger partial charge in [0.15, 0.2) is 0 Å². The number of nitrogens with two attached hydrogens (primary N) is 1. The molecule has 0 amide bonds. The quantitative estimate of drug-likeness (QED) is 0.494. The van der Waals surface area contributed by atoms with Crippen molar-refractivity contribution < 1.29 is 0 Å². The highest BCUT2D eigenvalue weighted by atomic mass is 32.2. The number of aryl methyl sites for hydroxylation is 1. The average molecular weight is 264 g/mol. The molecule has 0 spiro atoms. The van der Waals surface area contributed by atoms with Crippen LogP contribution in [-0.2, 0) is 0 Å². The molecule has 4 heteroatoms. The molecule has 2 aromatic rings. The van der Waals surface area contributed by atoms with E-state index in [1.807, 2.05) is 17.8 Å². The molecule has 1 heterocycles. The number of rotatable bonds is 5. The molecular weight excluding hydrogens is 248 g/mol. The van der Waals surface area contributed by atoms with E-state index >= 15 is 0 Å². The van der Waals surface area contributed by atoms with Crippen LogP contribution >= 0.6 is 23.1 Å². The van der Waals surface area contributed by atoms with Crippen LogP contribution in [0.4, 0.5) is 0 Å². The van der Waals surface area contributed by atoms with Crippen LogP contribution in [0.15, 0.2) is 46.7 Å². The van der Waals surface area contributed by atoms with Crippen LogP contribution in [0.25, 0.3) is 0 Å². The van der Waals surface area contributed by atoms with E-state index in [1.165, 1.54) is 15.3 Å². The largest absolute Gasteiger partial charge is 0.271 e. The zero-order chi connectivity index (χ0) is 12.1. The van der Waals surface area contributed by atoms with Crippen molar-refractivity contribution in [3.8, 4) is 0 Å². The number of thioether (sulfide) groups is 1. The zero-order valence-corrected chi connectivity index (χ0v) is 11.4. The maximum absolute atomic E-state index is 5.64.